The Morgan fingerprint density at radius 1 is 1.50 bits per heavy atom. The standard InChI is InChI=1S/C8H16N2/c1-6(2)10-5-7-3-8(10)4-9-7/h6-9H,3-5H2,1-2H3. The summed E-state index contributed by atoms with van der Waals surface area (Å²) in [5, 5.41) is 3.50. The van der Waals surface area contributed by atoms with Crippen molar-refractivity contribution in [1.29, 1.82) is 0 Å². The van der Waals surface area contributed by atoms with Crippen molar-refractivity contribution < 1.29 is 0 Å². The van der Waals surface area contributed by atoms with Crippen LogP contribution in [0.2, 0.25) is 0 Å². The van der Waals surface area contributed by atoms with E-state index in [1.54, 1.807) is 0 Å². The van der Waals surface area contributed by atoms with Crippen molar-refractivity contribution in [3.05, 3.63) is 0 Å². The highest BCUT2D eigenvalue weighted by atomic mass is 15.3. The number of nitrogens with one attached hydrogen (secondary N) is 1. The van der Waals surface area contributed by atoms with E-state index in [2.05, 4.69) is 24.1 Å². The van der Waals surface area contributed by atoms with E-state index in [9.17, 15) is 0 Å². The highest BCUT2D eigenvalue weighted by molar-refractivity contribution is 4.98. The summed E-state index contributed by atoms with van der Waals surface area (Å²) in [5.74, 6) is 0. The Morgan fingerprint density at radius 3 is 2.60 bits per heavy atom. The molecule has 10 heavy (non-hydrogen) atoms. The summed E-state index contributed by atoms with van der Waals surface area (Å²) < 4.78 is 0. The Labute approximate surface area is 62.6 Å². The van der Waals surface area contributed by atoms with Crippen LogP contribution in [0.15, 0.2) is 0 Å². The van der Waals surface area contributed by atoms with Gasteiger partial charge in [-0.1, -0.05) is 0 Å². The van der Waals surface area contributed by atoms with Crippen LogP contribution in [0.5, 0.6) is 0 Å². The van der Waals surface area contributed by atoms with Gasteiger partial charge in [0.15, 0.2) is 0 Å². The molecule has 2 atom stereocenters. The van der Waals surface area contributed by atoms with Gasteiger partial charge in [-0.25, -0.2) is 0 Å². The molecule has 0 spiro atoms. The predicted molar refractivity (Wildman–Crippen MR) is 42.0 cm³/mol. The molecule has 2 heterocycles. The molecule has 1 N–H and O–H groups in total. The molecular weight excluding hydrogens is 124 g/mol. The fourth-order valence-corrected chi connectivity index (χ4v) is 2.23. The summed E-state index contributed by atoms with van der Waals surface area (Å²) in [7, 11) is 0. The zero-order chi connectivity index (χ0) is 7.14. The minimum atomic E-state index is 0.747. The summed E-state index contributed by atoms with van der Waals surface area (Å²) in [4.78, 5) is 2.61. The average Bonchev–Trinajstić information content (AvgIpc) is 2.44. The Hall–Kier alpha value is -0.0800. The molecule has 0 aromatic heterocycles. The van der Waals surface area contributed by atoms with E-state index >= 15 is 0 Å². The van der Waals surface area contributed by atoms with E-state index in [1.807, 2.05) is 0 Å². The molecule has 58 valence electrons. The molecule has 0 amide bonds. The van der Waals surface area contributed by atoms with E-state index in [4.69, 9.17) is 0 Å². The Kier molecular flexibility index (Phi) is 1.46. The van der Waals surface area contributed by atoms with Crippen molar-refractivity contribution in [3.8, 4) is 0 Å². The maximum absolute atomic E-state index is 3.50. The average molecular weight is 140 g/mol. The molecule has 0 aliphatic carbocycles. The maximum Gasteiger partial charge on any atom is 0.0239 e. The lowest BCUT2D eigenvalue weighted by atomic mass is 10.2. The second-order valence-corrected chi connectivity index (χ2v) is 3.79. The lowest BCUT2D eigenvalue weighted by Crippen LogP contribution is -2.46. The molecule has 2 bridgehead atoms. The van der Waals surface area contributed by atoms with E-state index in [0.717, 1.165) is 18.1 Å². The number of fused-ring (bicyclic) bond motifs is 2. The minimum Gasteiger partial charge on any atom is -0.311 e. The SMILES string of the molecule is CC(C)N1CC2CC1CN2. The highest BCUT2D eigenvalue weighted by Crippen LogP contribution is 2.24. The summed E-state index contributed by atoms with van der Waals surface area (Å²) in [6.45, 7) is 7.09. The Bertz CT molecular complexity index is 133. The molecule has 2 rings (SSSR count). The van der Waals surface area contributed by atoms with Crippen molar-refractivity contribution >= 4 is 0 Å². The van der Waals surface area contributed by atoms with Crippen LogP contribution < -0.4 is 5.32 Å². The first-order chi connectivity index (χ1) is 4.77. The molecule has 2 nitrogen and oxygen atoms in total. The smallest absolute Gasteiger partial charge is 0.0239 e. The first kappa shape index (κ1) is 6.62. The van der Waals surface area contributed by atoms with Crippen LogP contribution in [0.25, 0.3) is 0 Å². The molecule has 0 saturated carbocycles. The number of nitrogens with zero attached hydrogens (tertiary/aromatic N) is 1. The first-order valence-electron chi connectivity index (χ1n) is 4.26. The van der Waals surface area contributed by atoms with Crippen molar-refractivity contribution in [2.45, 2.75) is 38.4 Å². The molecule has 2 fully saturated rings. The zero-order valence-corrected chi connectivity index (χ0v) is 6.80. The van der Waals surface area contributed by atoms with Gasteiger partial charge in [0.1, 0.15) is 0 Å². The number of piperazine rings is 1. The maximum atomic E-state index is 3.50. The Morgan fingerprint density at radius 2 is 2.30 bits per heavy atom. The Balaban J connectivity index is 2.02. The largest absolute Gasteiger partial charge is 0.311 e. The summed E-state index contributed by atoms with van der Waals surface area (Å²) in [5.41, 5.74) is 0. The molecule has 2 unspecified atom stereocenters. The molecule has 2 heteroatoms. The van der Waals surface area contributed by atoms with Crippen molar-refractivity contribution in [2.24, 2.45) is 0 Å². The van der Waals surface area contributed by atoms with Gasteiger partial charge in [0.25, 0.3) is 0 Å². The molecular formula is C8H16N2. The first-order valence-corrected chi connectivity index (χ1v) is 4.26. The van der Waals surface area contributed by atoms with Gasteiger partial charge in [0.05, 0.1) is 0 Å². The lowest BCUT2D eigenvalue weighted by Gasteiger charge is -2.30. The molecule has 2 aliphatic rings. The van der Waals surface area contributed by atoms with E-state index in [0.29, 0.717) is 0 Å². The monoisotopic (exact) mass is 140 g/mol. The number of hydrogen-bond donors (Lipinski definition) is 1. The van der Waals surface area contributed by atoms with Gasteiger partial charge in [-0.3, -0.25) is 4.90 Å². The van der Waals surface area contributed by atoms with E-state index in [-0.39, 0.29) is 0 Å². The fraction of sp³-hybridized carbons (Fsp3) is 1.00. The fourth-order valence-electron chi connectivity index (χ4n) is 2.23. The normalized spacial score (nSPS) is 39.9. The summed E-state index contributed by atoms with van der Waals surface area (Å²) in [6, 6.07) is 2.41. The van der Waals surface area contributed by atoms with Gasteiger partial charge in [0.2, 0.25) is 0 Å². The zero-order valence-electron chi connectivity index (χ0n) is 6.80. The molecule has 2 saturated heterocycles. The van der Waals surface area contributed by atoms with Crippen LogP contribution in [-0.4, -0.2) is 36.1 Å². The van der Waals surface area contributed by atoms with Crippen molar-refractivity contribution in [1.82, 2.24) is 10.2 Å². The molecule has 0 aromatic carbocycles. The second-order valence-electron chi connectivity index (χ2n) is 3.79. The van der Waals surface area contributed by atoms with Gasteiger partial charge >= 0.3 is 0 Å². The molecule has 2 aliphatic heterocycles. The number of hydrogen-bond acceptors (Lipinski definition) is 2. The van der Waals surface area contributed by atoms with Crippen molar-refractivity contribution in [2.75, 3.05) is 13.1 Å². The van der Waals surface area contributed by atoms with Crippen LogP contribution >= 0.6 is 0 Å². The topological polar surface area (TPSA) is 15.3 Å². The second kappa shape index (κ2) is 2.21. The quantitative estimate of drug-likeness (QED) is 0.568. The van der Waals surface area contributed by atoms with Gasteiger partial charge in [-0.15, -0.1) is 0 Å². The van der Waals surface area contributed by atoms with Gasteiger partial charge in [0, 0.05) is 31.2 Å². The predicted octanol–water partition coefficient (Wildman–Crippen LogP) is 0.441. The number of rotatable bonds is 1. The van der Waals surface area contributed by atoms with Crippen LogP contribution in [0.1, 0.15) is 20.3 Å². The van der Waals surface area contributed by atoms with Crippen LogP contribution in [-0.2, 0) is 0 Å². The van der Waals surface area contributed by atoms with Crippen LogP contribution in [0.4, 0.5) is 0 Å². The summed E-state index contributed by atoms with van der Waals surface area (Å²) in [6.07, 6.45) is 1.39. The minimum absolute atomic E-state index is 0.747. The summed E-state index contributed by atoms with van der Waals surface area (Å²) >= 11 is 0. The third-order valence-corrected chi connectivity index (χ3v) is 2.76. The molecule has 0 aromatic rings. The van der Waals surface area contributed by atoms with E-state index < -0.39 is 0 Å². The van der Waals surface area contributed by atoms with Crippen LogP contribution in [0, 0.1) is 0 Å². The lowest BCUT2D eigenvalue weighted by molar-refractivity contribution is 0.181. The third-order valence-electron chi connectivity index (χ3n) is 2.76. The highest BCUT2D eigenvalue weighted by Gasteiger charge is 2.38. The van der Waals surface area contributed by atoms with Gasteiger partial charge < -0.3 is 5.32 Å². The van der Waals surface area contributed by atoms with Crippen molar-refractivity contribution in [3.63, 3.8) is 0 Å². The van der Waals surface area contributed by atoms with E-state index in [1.165, 1.54) is 19.5 Å². The van der Waals surface area contributed by atoms with Gasteiger partial charge in [-0.2, -0.15) is 0 Å². The van der Waals surface area contributed by atoms with Gasteiger partial charge in [-0.05, 0) is 20.3 Å². The third kappa shape index (κ3) is 0.867. The van der Waals surface area contributed by atoms with Crippen LogP contribution in [0.3, 0.4) is 0 Å². The molecule has 0 radical (unpaired) electrons. The number of likely N-dealkylation sites (tertiary alicyclic amines) is 1.